The van der Waals surface area contributed by atoms with Crippen molar-refractivity contribution >= 4 is 0 Å². The molecule has 0 radical (unpaired) electrons. The van der Waals surface area contributed by atoms with Gasteiger partial charge in [0.1, 0.15) is 5.75 Å². The van der Waals surface area contributed by atoms with Gasteiger partial charge in [-0.3, -0.25) is 0 Å². The van der Waals surface area contributed by atoms with Crippen LogP contribution in [0.4, 0.5) is 0 Å². The van der Waals surface area contributed by atoms with Crippen molar-refractivity contribution in [1.82, 2.24) is 4.90 Å². The van der Waals surface area contributed by atoms with Gasteiger partial charge in [0.25, 0.3) is 0 Å². The molecule has 0 aromatic heterocycles. The maximum absolute atomic E-state index is 9.97. The van der Waals surface area contributed by atoms with E-state index in [0.717, 1.165) is 30.5 Å². The van der Waals surface area contributed by atoms with Crippen molar-refractivity contribution in [3.63, 3.8) is 0 Å². The first-order valence-electron chi connectivity index (χ1n) is 5.65. The van der Waals surface area contributed by atoms with Crippen molar-refractivity contribution in [2.45, 2.75) is 32.2 Å². The fourth-order valence-corrected chi connectivity index (χ4v) is 2.30. The van der Waals surface area contributed by atoms with Crippen molar-refractivity contribution < 1.29 is 5.11 Å². The SMILES string of the molecule is CN(C)Cc1cc2c(O)c(c1)CCCC2. The minimum absolute atomic E-state index is 0.551. The highest BCUT2D eigenvalue weighted by Gasteiger charge is 2.13. The molecule has 0 unspecified atom stereocenters. The lowest BCUT2D eigenvalue weighted by molar-refractivity contribution is 0.401. The first-order valence-corrected chi connectivity index (χ1v) is 5.65. The molecule has 15 heavy (non-hydrogen) atoms. The standard InChI is InChI=1S/C13H19NO/c1-14(2)9-10-7-11-5-3-4-6-12(8-10)13(11)15/h7-8,15H,3-6,9H2,1-2H3. The molecule has 1 aromatic rings. The van der Waals surface area contributed by atoms with E-state index in [4.69, 9.17) is 0 Å². The second kappa shape index (κ2) is 4.23. The Morgan fingerprint density at radius 3 is 2.13 bits per heavy atom. The molecular weight excluding hydrogens is 186 g/mol. The van der Waals surface area contributed by atoms with Crippen LogP contribution in [0.15, 0.2) is 12.1 Å². The topological polar surface area (TPSA) is 23.5 Å². The summed E-state index contributed by atoms with van der Waals surface area (Å²) in [4.78, 5) is 2.16. The maximum atomic E-state index is 9.97. The molecule has 1 aromatic carbocycles. The number of aromatic hydroxyl groups is 1. The van der Waals surface area contributed by atoms with E-state index in [1.165, 1.54) is 18.4 Å². The molecule has 0 fully saturated rings. The third-order valence-corrected chi connectivity index (χ3v) is 2.97. The zero-order valence-corrected chi connectivity index (χ0v) is 9.58. The van der Waals surface area contributed by atoms with Gasteiger partial charge < -0.3 is 10.0 Å². The Bertz CT molecular complexity index is 331. The molecule has 2 nitrogen and oxygen atoms in total. The predicted octanol–water partition coefficient (Wildman–Crippen LogP) is 2.33. The van der Waals surface area contributed by atoms with E-state index in [1.807, 2.05) is 0 Å². The van der Waals surface area contributed by atoms with Crippen molar-refractivity contribution in [2.24, 2.45) is 0 Å². The van der Waals surface area contributed by atoms with Crippen LogP contribution in [0.5, 0.6) is 5.75 Å². The van der Waals surface area contributed by atoms with Crippen LogP contribution in [0.25, 0.3) is 0 Å². The number of fused-ring (bicyclic) bond motifs is 2. The summed E-state index contributed by atoms with van der Waals surface area (Å²) in [5.41, 5.74) is 3.61. The average Bonchev–Trinajstić information content (AvgIpc) is 2.30. The number of hydrogen-bond acceptors (Lipinski definition) is 2. The van der Waals surface area contributed by atoms with Crippen LogP contribution in [-0.4, -0.2) is 24.1 Å². The molecule has 82 valence electrons. The molecule has 2 bridgehead atoms. The predicted molar refractivity (Wildman–Crippen MR) is 62.1 cm³/mol. The van der Waals surface area contributed by atoms with E-state index in [-0.39, 0.29) is 0 Å². The largest absolute Gasteiger partial charge is 0.507 e. The van der Waals surface area contributed by atoms with Crippen molar-refractivity contribution in [2.75, 3.05) is 14.1 Å². The number of phenols is 1. The Kier molecular flexibility index (Phi) is 2.96. The van der Waals surface area contributed by atoms with Crippen LogP contribution in [0.3, 0.4) is 0 Å². The summed E-state index contributed by atoms with van der Waals surface area (Å²) in [5.74, 6) is 0.551. The first-order chi connectivity index (χ1) is 7.16. The van der Waals surface area contributed by atoms with E-state index in [2.05, 4.69) is 31.1 Å². The molecule has 1 aliphatic rings. The third-order valence-electron chi connectivity index (χ3n) is 2.97. The fraction of sp³-hybridized carbons (Fsp3) is 0.538. The third kappa shape index (κ3) is 2.32. The molecular formula is C13H19NO. The first kappa shape index (κ1) is 10.5. The molecule has 0 atom stereocenters. The van der Waals surface area contributed by atoms with E-state index >= 15 is 0 Å². The van der Waals surface area contributed by atoms with E-state index in [0.29, 0.717) is 5.75 Å². The summed E-state index contributed by atoms with van der Waals surface area (Å²) in [5, 5.41) is 9.97. The van der Waals surface area contributed by atoms with Crippen LogP contribution in [0.2, 0.25) is 0 Å². The molecule has 0 aliphatic heterocycles. The molecule has 2 rings (SSSR count). The number of aryl methyl sites for hydroxylation is 2. The van der Waals surface area contributed by atoms with Crippen LogP contribution in [0, 0.1) is 0 Å². The zero-order chi connectivity index (χ0) is 10.8. The highest BCUT2D eigenvalue weighted by atomic mass is 16.3. The molecule has 1 aliphatic carbocycles. The highest BCUT2D eigenvalue weighted by molar-refractivity contribution is 5.44. The summed E-state index contributed by atoms with van der Waals surface area (Å²) in [6.45, 7) is 0.959. The lowest BCUT2D eigenvalue weighted by Gasteiger charge is -2.13. The fourth-order valence-electron chi connectivity index (χ4n) is 2.30. The normalized spacial score (nSPS) is 15.4. The second-order valence-corrected chi connectivity index (χ2v) is 4.71. The van der Waals surface area contributed by atoms with Gasteiger partial charge in [-0.25, -0.2) is 0 Å². The quantitative estimate of drug-likeness (QED) is 0.801. The van der Waals surface area contributed by atoms with Gasteiger partial charge in [0, 0.05) is 6.54 Å². The molecule has 0 amide bonds. The lowest BCUT2D eigenvalue weighted by Crippen LogP contribution is -2.11. The Balaban J connectivity index is 2.35. The summed E-state index contributed by atoms with van der Waals surface area (Å²) in [6.07, 6.45) is 4.45. The summed E-state index contributed by atoms with van der Waals surface area (Å²) in [6, 6.07) is 4.31. The maximum Gasteiger partial charge on any atom is 0.121 e. The lowest BCUT2D eigenvalue weighted by atomic mass is 10.0. The summed E-state index contributed by atoms with van der Waals surface area (Å²) < 4.78 is 0. The van der Waals surface area contributed by atoms with Gasteiger partial charge in [0.15, 0.2) is 0 Å². The van der Waals surface area contributed by atoms with E-state index in [9.17, 15) is 5.11 Å². The van der Waals surface area contributed by atoms with Gasteiger partial charge in [-0.05, 0) is 56.5 Å². The van der Waals surface area contributed by atoms with Gasteiger partial charge in [0.05, 0.1) is 0 Å². The minimum Gasteiger partial charge on any atom is -0.507 e. The van der Waals surface area contributed by atoms with Crippen molar-refractivity contribution in [1.29, 1.82) is 0 Å². The number of nitrogens with zero attached hydrogens (tertiary/aromatic N) is 1. The van der Waals surface area contributed by atoms with Crippen molar-refractivity contribution in [3.8, 4) is 5.75 Å². The Labute approximate surface area is 91.5 Å². The van der Waals surface area contributed by atoms with Crippen LogP contribution in [0.1, 0.15) is 29.5 Å². The van der Waals surface area contributed by atoms with Gasteiger partial charge in [-0.15, -0.1) is 0 Å². The van der Waals surface area contributed by atoms with Gasteiger partial charge in [-0.2, -0.15) is 0 Å². The van der Waals surface area contributed by atoms with Crippen molar-refractivity contribution in [3.05, 3.63) is 28.8 Å². The zero-order valence-electron chi connectivity index (χ0n) is 9.58. The molecule has 0 heterocycles. The smallest absolute Gasteiger partial charge is 0.121 e. The Morgan fingerprint density at radius 2 is 1.67 bits per heavy atom. The summed E-state index contributed by atoms with van der Waals surface area (Å²) in [7, 11) is 4.15. The Morgan fingerprint density at radius 1 is 1.13 bits per heavy atom. The minimum atomic E-state index is 0.551. The van der Waals surface area contributed by atoms with Crippen LogP contribution >= 0.6 is 0 Å². The molecule has 2 heteroatoms. The Hall–Kier alpha value is -1.02. The molecule has 0 spiro atoms. The second-order valence-electron chi connectivity index (χ2n) is 4.71. The van der Waals surface area contributed by atoms with Crippen LogP contribution in [-0.2, 0) is 19.4 Å². The number of rotatable bonds is 2. The van der Waals surface area contributed by atoms with E-state index in [1.54, 1.807) is 0 Å². The molecule has 0 saturated heterocycles. The molecule has 1 N–H and O–H groups in total. The highest BCUT2D eigenvalue weighted by Crippen LogP contribution is 2.31. The van der Waals surface area contributed by atoms with Gasteiger partial charge >= 0.3 is 0 Å². The summed E-state index contributed by atoms with van der Waals surface area (Å²) >= 11 is 0. The van der Waals surface area contributed by atoms with Gasteiger partial charge in [0.2, 0.25) is 0 Å². The van der Waals surface area contributed by atoms with Crippen LogP contribution < -0.4 is 0 Å². The van der Waals surface area contributed by atoms with Gasteiger partial charge in [-0.1, -0.05) is 12.1 Å². The molecule has 0 saturated carbocycles. The average molecular weight is 205 g/mol. The number of benzene rings is 1. The number of phenolic OH excluding ortho intramolecular Hbond substituents is 1. The monoisotopic (exact) mass is 205 g/mol. The van der Waals surface area contributed by atoms with E-state index < -0.39 is 0 Å². The number of hydrogen-bond donors (Lipinski definition) is 1.